The van der Waals surface area contributed by atoms with E-state index in [0.29, 0.717) is 12.0 Å². The lowest BCUT2D eigenvalue weighted by molar-refractivity contribution is 0.116. The molecule has 0 bridgehead atoms. The third-order valence-corrected chi connectivity index (χ3v) is 4.04. The Labute approximate surface area is 122 Å². The third-order valence-electron chi connectivity index (χ3n) is 4.04. The molecule has 0 aliphatic carbocycles. The monoisotopic (exact) mass is 278 g/mol. The highest BCUT2D eigenvalue weighted by molar-refractivity contribution is 5.40. The van der Waals surface area contributed by atoms with Gasteiger partial charge in [-0.15, -0.1) is 0 Å². The van der Waals surface area contributed by atoms with Crippen LogP contribution in [0.25, 0.3) is 0 Å². The predicted molar refractivity (Wildman–Crippen MR) is 81.5 cm³/mol. The summed E-state index contributed by atoms with van der Waals surface area (Å²) in [5.41, 5.74) is 1.22. The molecule has 1 heterocycles. The summed E-state index contributed by atoms with van der Waals surface area (Å²) in [6.07, 6.45) is 0. The Balaban J connectivity index is 2.15. The minimum absolute atomic E-state index is 0.579. The van der Waals surface area contributed by atoms with Crippen LogP contribution < -0.4 is 14.8 Å². The average Bonchev–Trinajstić information content (AvgIpc) is 2.48. The Kier molecular flexibility index (Phi) is 5.26. The maximum Gasteiger partial charge on any atom is 0.127 e. The van der Waals surface area contributed by atoms with Gasteiger partial charge in [0.1, 0.15) is 11.5 Å². The van der Waals surface area contributed by atoms with Crippen molar-refractivity contribution in [2.24, 2.45) is 5.92 Å². The van der Waals surface area contributed by atoms with Crippen LogP contribution >= 0.6 is 0 Å². The van der Waals surface area contributed by atoms with Crippen molar-refractivity contribution in [3.8, 4) is 11.5 Å². The maximum absolute atomic E-state index is 5.50. The fraction of sp³-hybridized carbons (Fsp3) is 0.625. The molecule has 0 radical (unpaired) electrons. The van der Waals surface area contributed by atoms with E-state index in [0.717, 1.165) is 37.7 Å². The smallest absolute Gasteiger partial charge is 0.127 e. The number of hydrogen-bond acceptors (Lipinski definition) is 4. The summed E-state index contributed by atoms with van der Waals surface area (Å²) < 4.78 is 10.8. The molecule has 4 nitrogen and oxygen atoms in total. The fourth-order valence-corrected chi connectivity index (χ4v) is 2.82. The van der Waals surface area contributed by atoms with E-state index in [1.807, 2.05) is 12.1 Å². The molecular formula is C16H26N2O2. The van der Waals surface area contributed by atoms with Gasteiger partial charge in [0.25, 0.3) is 0 Å². The van der Waals surface area contributed by atoms with Crippen LogP contribution in [0.2, 0.25) is 0 Å². The van der Waals surface area contributed by atoms with Gasteiger partial charge in [-0.25, -0.2) is 0 Å². The van der Waals surface area contributed by atoms with Crippen LogP contribution in [-0.2, 0) is 6.54 Å². The normalized spacial score (nSPS) is 20.1. The van der Waals surface area contributed by atoms with Crippen LogP contribution in [0.5, 0.6) is 11.5 Å². The molecule has 0 aromatic heterocycles. The van der Waals surface area contributed by atoms with Gasteiger partial charge >= 0.3 is 0 Å². The molecule has 0 spiro atoms. The molecular weight excluding hydrogens is 252 g/mol. The number of piperazine rings is 1. The number of ether oxygens (including phenoxy) is 2. The second kappa shape index (κ2) is 6.95. The van der Waals surface area contributed by atoms with E-state index in [2.05, 4.69) is 30.1 Å². The zero-order valence-electron chi connectivity index (χ0n) is 13.0. The van der Waals surface area contributed by atoms with E-state index in [1.54, 1.807) is 14.2 Å². The highest BCUT2D eigenvalue weighted by Crippen LogP contribution is 2.27. The van der Waals surface area contributed by atoms with Gasteiger partial charge in [-0.05, 0) is 12.0 Å². The van der Waals surface area contributed by atoms with Gasteiger partial charge in [0.2, 0.25) is 0 Å². The summed E-state index contributed by atoms with van der Waals surface area (Å²) in [4.78, 5) is 2.55. The minimum atomic E-state index is 0.579. The summed E-state index contributed by atoms with van der Waals surface area (Å²) in [5, 5.41) is 3.49. The Bertz CT molecular complexity index is 434. The molecule has 1 unspecified atom stereocenters. The first-order chi connectivity index (χ1) is 9.65. The molecule has 0 amide bonds. The molecule has 112 valence electrons. The molecule has 1 aromatic carbocycles. The van der Waals surface area contributed by atoms with Gasteiger partial charge in [0, 0.05) is 43.9 Å². The number of nitrogens with zero attached hydrogens (tertiary/aromatic N) is 1. The molecule has 20 heavy (non-hydrogen) atoms. The van der Waals surface area contributed by atoms with Crippen molar-refractivity contribution in [1.29, 1.82) is 0 Å². The van der Waals surface area contributed by atoms with Gasteiger partial charge in [-0.3, -0.25) is 4.90 Å². The zero-order chi connectivity index (χ0) is 14.5. The first kappa shape index (κ1) is 15.1. The second-order valence-electron chi connectivity index (χ2n) is 5.66. The largest absolute Gasteiger partial charge is 0.497 e. The number of hydrogen-bond donors (Lipinski definition) is 1. The number of nitrogens with one attached hydrogen (secondary N) is 1. The number of benzene rings is 1. The molecule has 1 aromatic rings. The van der Waals surface area contributed by atoms with Crippen LogP contribution in [0, 0.1) is 5.92 Å². The van der Waals surface area contributed by atoms with Crippen molar-refractivity contribution in [3.05, 3.63) is 23.8 Å². The molecule has 1 aliphatic heterocycles. The lowest BCUT2D eigenvalue weighted by atomic mass is 9.99. The molecule has 1 atom stereocenters. The number of rotatable bonds is 5. The molecule has 1 aliphatic rings. The van der Waals surface area contributed by atoms with Crippen LogP contribution in [-0.4, -0.2) is 44.8 Å². The van der Waals surface area contributed by atoms with Crippen LogP contribution in [0.3, 0.4) is 0 Å². The van der Waals surface area contributed by atoms with Gasteiger partial charge in [0.15, 0.2) is 0 Å². The standard InChI is InChI=1S/C16H26N2O2/c1-12(2)15-10-17-7-8-18(15)11-13-5-6-14(19-3)9-16(13)20-4/h5-6,9,12,15,17H,7-8,10-11H2,1-4H3. The predicted octanol–water partition coefficient (Wildman–Crippen LogP) is 2.13. The Morgan fingerprint density at radius 1 is 1.30 bits per heavy atom. The van der Waals surface area contributed by atoms with Crippen LogP contribution in [0.15, 0.2) is 18.2 Å². The summed E-state index contributed by atoms with van der Waals surface area (Å²) >= 11 is 0. The first-order valence-electron chi connectivity index (χ1n) is 7.31. The van der Waals surface area contributed by atoms with Gasteiger partial charge < -0.3 is 14.8 Å². The van der Waals surface area contributed by atoms with Gasteiger partial charge in [-0.2, -0.15) is 0 Å². The van der Waals surface area contributed by atoms with Crippen molar-refractivity contribution in [1.82, 2.24) is 10.2 Å². The molecule has 1 saturated heterocycles. The summed E-state index contributed by atoms with van der Waals surface area (Å²) in [5.74, 6) is 2.39. The molecule has 2 rings (SSSR count). The first-order valence-corrected chi connectivity index (χ1v) is 7.31. The molecule has 4 heteroatoms. The Morgan fingerprint density at radius 3 is 2.75 bits per heavy atom. The minimum Gasteiger partial charge on any atom is -0.497 e. The van der Waals surface area contributed by atoms with Gasteiger partial charge in [-0.1, -0.05) is 19.9 Å². The van der Waals surface area contributed by atoms with Crippen molar-refractivity contribution in [2.45, 2.75) is 26.4 Å². The SMILES string of the molecule is COc1ccc(CN2CCNCC2C(C)C)c(OC)c1. The van der Waals surface area contributed by atoms with E-state index in [9.17, 15) is 0 Å². The average molecular weight is 278 g/mol. The summed E-state index contributed by atoms with van der Waals surface area (Å²) in [6.45, 7) is 8.71. The molecule has 0 saturated carbocycles. The lowest BCUT2D eigenvalue weighted by Crippen LogP contribution is -2.52. The van der Waals surface area contributed by atoms with E-state index in [-0.39, 0.29) is 0 Å². The second-order valence-corrected chi connectivity index (χ2v) is 5.66. The third kappa shape index (κ3) is 3.44. The quantitative estimate of drug-likeness (QED) is 0.894. The van der Waals surface area contributed by atoms with E-state index >= 15 is 0 Å². The van der Waals surface area contributed by atoms with Crippen LogP contribution in [0.1, 0.15) is 19.4 Å². The molecule has 1 fully saturated rings. The van der Waals surface area contributed by atoms with E-state index in [4.69, 9.17) is 9.47 Å². The summed E-state index contributed by atoms with van der Waals surface area (Å²) in [6, 6.07) is 6.65. The zero-order valence-corrected chi connectivity index (χ0v) is 13.0. The van der Waals surface area contributed by atoms with Crippen LogP contribution in [0.4, 0.5) is 0 Å². The van der Waals surface area contributed by atoms with E-state index < -0.39 is 0 Å². The summed E-state index contributed by atoms with van der Waals surface area (Å²) in [7, 11) is 3.40. The Morgan fingerprint density at radius 2 is 2.10 bits per heavy atom. The van der Waals surface area contributed by atoms with E-state index in [1.165, 1.54) is 5.56 Å². The van der Waals surface area contributed by atoms with Crippen molar-refractivity contribution in [2.75, 3.05) is 33.9 Å². The van der Waals surface area contributed by atoms with Crippen molar-refractivity contribution in [3.63, 3.8) is 0 Å². The maximum atomic E-state index is 5.50. The Hall–Kier alpha value is -1.26. The highest BCUT2D eigenvalue weighted by Gasteiger charge is 2.25. The topological polar surface area (TPSA) is 33.7 Å². The fourth-order valence-electron chi connectivity index (χ4n) is 2.82. The van der Waals surface area contributed by atoms with Gasteiger partial charge in [0.05, 0.1) is 14.2 Å². The van der Waals surface area contributed by atoms with Crippen molar-refractivity contribution < 1.29 is 9.47 Å². The molecule has 1 N–H and O–H groups in total. The lowest BCUT2D eigenvalue weighted by Gasteiger charge is -2.38. The number of methoxy groups -OCH3 is 2. The highest BCUT2D eigenvalue weighted by atomic mass is 16.5. The van der Waals surface area contributed by atoms with Crippen molar-refractivity contribution >= 4 is 0 Å².